The van der Waals surface area contributed by atoms with E-state index in [0.717, 1.165) is 5.56 Å². The van der Waals surface area contributed by atoms with Crippen LogP contribution in [0.25, 0.3) is 10.9 Å². The van der Waals surface area contributed by atoms with Crippen molar-refractivity contribution in [3.05, 3.63) is 78.8 Å². The number of fused-ring (bicyclic) bond motifs is 1. The number of halogens is 2. The lowest BCUT2D eigenvalue weighted by atomic mass is 10.2. The molecule has 1 heterocycles. The lowest BCUT2D eigenvalue weighted by molar-refractivity contribution is -0.384. The minimum atomic E-state index is -0.525. The second-order valence-electron chi connectivity index (χ2n) is 4.88. The number of nitro benzene ring substituents is 1. The molecule has 0 amide bonds. The van der Waals surface area contributed by atoms with Crippen LogP contribution >= 0.6 is 23.2 Å². The second kappa shape index (κ2) is 5.98. The van der Waals surface area contributed by atoms with Gasteiger partial charge < -0.3 is 0 Å². The van der Waals surface area contributed by atoms with Gasteiger partial charge in [0.1, 0.15) is 0 Å². The van der Waals surface area contributed by atoms with Gasteiger partial charge in [-0.15, -0.1) is 0 Å². The van der Waals surface area contributed by atoms with Crippen LogP contribution in [-0.4, -0.2) is 14.5 Å². The van der Waals surface area contributed by atoms with Gasteiger partial charge in [0, 0.05) is 12.1 Å². The standard InChI is InChI=1S/C15H9Cl2N3O3/c16-12-4-1-9(5-13(12)17)7-19-8-18-14-6-10(20(22)23)2-3-11(14)15(19)21/h1-6,8H,7H2. The van der Waals surface area contributed by atoms with Crippen molar-refractivity contribution >= 4 is 39.8 Å². The molecule has 116 valence electrons. The molecule has 2 aromatic carbocycles. The van der Waals surface area contributed by atoms with Gasteiger partial charge >= 0.3 is 0 Å². The first kappa shape index (κ1) is 15.5. The lowest BCUT2D eigenvalue weighted by Gasteiger charge is -2.07. The van der Waals surface area contributed by atoms with Gasteiger partial charge in [0.05, 0.1) is 38.7 Å². The molecule has 0 aliphatic heterocycles. The lowest BCUT2D eigenvalue weighted by Crippen LogP contribution is -2.21. The Labute approximate surface area is 140 Å². The highest BCUT2D eigenvalue weighted by atomic mass is 35.5. The number of rotatable bonds is 3. The molecule has 0 aliphatic rings. The molecule has 3 rings (SSSR count). The van der Waals surface area contributed by atoms with E-state index in [1.54, 1.807) is 18.2 Å². The Morgan fingerprint density at radius 2 is 1.91 bits per heavy atom. The number of hydrogen-bond donors (Lipinski definition) is 0. The Balaban J connectivity index is 2.03. The van der Waals surface area contributed by atoms with Crippen molar-refractivity contribution in [3.63, 3.8) is 0 Å². The molecule has 0 saturated carbocycles. The number of hydrogen-bond acceptors (Lipinski definition) is 4. The summed E-state index contributed by atoms with van der Waals surface area (Å²) < 4.78 is 1.41. The fourth-order valence-electron chi connectivity index (χ4n) is 2.21. The zero-order valence-electron chi connectivity index (χ0n) is 11.6. The molecule has 6 nitrogen and oxygen atoms in total. The molecular weight excluding hydrogens is 341 g/mol. The van der Waals surface area contributed by atoms with E-state index in [4.69, 9.17) is 23.2 Å². The van der Waals surface area contributed by atoms with E-state index >= 15 is 0 Å². The normalized spacial score (nSPS) is 10.9. The largest absolute Gasteiger partial charge is 0.294 e. The van der Waals surface area contributed by atoms with E-state index in [1.165, 1.54) is 29.1 Å². The summed E-state index contributed by atoms with van der Waals surface area (Å²) in [6.07, 6.45) is 1.36. The summed E-state index contributed by atoms with van der Waals surface area (Å²) in [5.74, 6) is 0. The highest BCUT2D eigenvalue weighted by molar-refractivity contribution is 6.42. The molecular formula is C15H9Cl2N3O3. The second-order valence-corrected chi connectivity index (χ2v) is 5.70. The predicted octanol–water partition coefficient (Wildman–Crippen LogP) is 3.66. The summed E-state index contributed by atoms with van der Waals surface area (Å²) in [5, 5.41) is 11.9. The van der Waals surface area contributed by atoms with Gasteiger partial charge in [-0.3, -0.25) is 19.5 Å². The van der Waals surface area contributed by atoms with Gasteiger partial charge in [0.25, 0.3) is 11.2 Å². The van der Waals surface area contributed by atoms with E-state index in [9.17, 15) is 14.9 Å². The van der Waals surface area contributed by atoms with Crippen LogP contribution in [-0.2, 0) is 6.54 Å². The van der Waals surface area contributed by atoms with Gasteiger partial charge in [0.2, 0.25) is 0 Å². The summed E-state index contributed by atoms with van der Waals surface area (Å²) in [6.45, 7) is 0.273. The SMILES string of the molecule is O=c1c2ccc([N+](=O)[O-])cc2ncn1Cc1ccc(Cl)c(Cl)c1. The van der Waals surface area contributed by atoms with Crippen LogP contribution < -0.4 is 5.56 Å². The molecule has 0 atom stereocenters. The van der Waals surface area contributed by atoms with Gasteiger partial charge in [-0.05, 0) is 23.8 Å². The number of non-ortho nitro benzene ring substituents is 1. The van der Waals surface area contributed by atoms with E-state index < -0.39 is 4.92 Å². The van der Waals surface area contributed by atoms with Crippen molar-refractivity contribution in [3.8, 4) is 0 Å². The number of benzene rings is 2. The van der Waals surface area contributed by atoms with Crippen molar-refractivity contribution in [1.82, 2.24) is 9.55 Å². The Morgan fingerprint density at radius 3 is 2.61 bits per heavy atom. The quantitative estimate of drug-likeness (QED) is 0.533. The van der Waals surface area contributed by atoms with Crippen LogP contribution in [0.1, 0.15) is 5.56 Å². The summed E-state index contributed by atoms with van der Waals surface area (Å²) in [7, 11) is 0. The number of nitro groups is 1. The molecule has 0 aliphatic carbocycles. The third-order valence-electron chi connectivity index (χ3n) is 3.36. The summed E-state index contributed by atoms with van der Waals surface area (Å²) in [6, 6.07) is 9.07. The molecule has 3 aromatic rings. The van der Waals surface area contributed by atoms with Crippen molar-refractivity contribution < 1.29 is 4.92 Å². The van der Waals surface area contributed by atoms with E-state index in [2.05, 4.69) is 4.98 Å². The minimum Gasteiger partial charge on any atom is -0.294 e. The number of aromatic nitrogens is 2. The monoisotopic (exact) mass is 349 g/mol. The molecule has 0 spiro atoms. The van der Waals surface area contributed by atoms with Crippen LogP contribution in [0.2, 0.25) is 10.0 Å². The topological polar surface area (TPSA) is 78.0 Å². The van der Waals surface area contributed by atoms with Crippen LogP contribution in [0, 0.1) is 10.1 Å². The molecule has 8 heteroatoms. The third kappa shape index (κ3) is 3.04. The van der Waals surface area contributed by atoms with Crippen LogP contribution in [0.5, 0.6) is 0 Å². The highest BCUT2D eigenvalue weighted by Crippen LogP contribution is 2.23. The zero-order chi connectivity index (χ0) is 16.6. The van der Waals surface area contributed by atoms with Gasteiger partial charge in [0.15, 0.2) is 0 Å². The fraction of sp³-hybridized carbons (Fsp3) is 0.0667. The van der Waals surface area contributed by atoms with Crippen LogP contribution in [0.15, 0.2) is 47.5 Å². The first-order valence-corrected chi connectivity index (χ1v) is 7.29. The van der Waals surface area contributed by atoms with Crippen molar-refractivity contribution in [2.45, 2.75) is 6.54 Å². The Bertz CT molecular complexity index is 985. The van der Waals surface area contributed by atoms with E-state index in [1.807, 2.05) is 0 Å². The molecule has 0 bridgehead atoms. The minimum absolute atomic E-state index is 0.105. The molecule has 1 aromatic heterocycles. The molecule has 23 heavy (non-hydrogen) atoms. The molecule has 0 N–H and O–H groups in total. The molecule has 0 unspecified atom stereocenters. The third-order valence-corrected chi connectivity index (χ3v) is 4.10. The number of nitrogens with zero attached hydrogens (tertiary/aromatic N) is 3. The smallest absolute Gasteiger partial charge is 0.271 e. The van der Waals surface area contributed by atoms with Crippen molar-refractivity contribution in [2.75, 3.05) is 0 Å². The van der Waals surface area contributed by atoms with E-state index in [-0.39, 0.29) is 23.3 Å². The molecule has 0 saturated heterocycles. The maximum Gasteiger partial charge on any atom is 0.271 e. The average Bonchev–Trinajstić information content (AvgIpc) is 2.53. The zero-order valence-corrected chi connectivity index (χ0v) is 13.1. The van der Waals surface area contributed by atoms with E-state index in [0.29, 0.717) is 15.4 Å². The van der Waals surface area contributed by atoms with Crippen LogP contribution in [0.4, 0.5) is 5.69 Å². The summed E-state index contributed by atoms with van der Waals surface area (Å²) in [5.41, 5.74) is 0.696. The predicted molar refractivity (Wildman–Crippen MR) is 88.2 cm³/mol. The Kier molecular flexibility index (Phi) is 4.02. The molecule has 0 fully saturated rings. The first-order valence-electron chi connectivity index (χ1n) is 6.53. The highest BCUT2D eigenvalue weighted by Gasteiger charge is 2.11. The molecule has 0 radical (unpaired) electrons. The van der Waals surface area contributed by atoms with Crippen LogP contribution in [0.3, 0.4) is 0 Å². The van der Waals surface area contributed by atoms with Gasteiger partial charge in [-0.1, -0.05) is 29.3 Å². The fourth-order valence-corrected chi connectivity index (χ4v) is 2.53. The van der Waals surface area contributed by atoms with Crippen molar-refractivity contribution in [2.24, 2.45) is 0 Å². The summed E-state index contributed by atoms with van der Waals surface area (Å²) in [4.78, 5) is 26.8. The Morgan fingerprint density at radius 1 is 1.13 bits per heavy atom. The Hall–Kier alpha value is -2.44. The van der Waals surface area contributed by atoms with Gasteiger partial charge in [-0.25, -0.2) is 4.98 Å². The maximum absolute atomic E-state index is 12.5. The summed E-state index contributed by atoms with van der Waals surface area (Å²) >= 11 is 11.8. The van der Waals surface area contributed by atoms with Gasteiger partial charge in [-0.2, -0.15) is 0 Å². The maximum atomic E-state index is 12.5. The first-order chi connectivity index (χ1) is 11.0. The average molecular weight is 350 g/mol. The van der Waals surface area contributed by atoms with Crippen molar-refractivity contribution in [1.29, 1.82) is 0 Å².